The topological polar surface area (TPSA) is 119 Å². The Balaban J connectivity index is 2.02. The second-order valence-electron chi connectivity index (χ2n) is 4.79. The average Bonchev–Trinajstić information content (AvgIpc) is 2.85. The molecule has 0 saturated heterocycles. The SMILES string of the molecule is CCCNc1cc(-c2ccc3c(N)n[nH]c3c2)nc(N)n1. The van der Waals surface area contributed by atoms with Gasteiger partial charge in [-0.1, -0.05) is 13.0 Å². The number of benzene rings is 1. The average molecular weight is 283 g/mol. The van der Waals surface area contributed by atoms with Gasteiger partial charge < -0.3 is 16.8 Å². The molecule has 1 aromatic carbocycles. The van der Waals surface area contributed by atoms with E-state index in [1.807, 2.05) is 24.3 Å². The molecule has 0 aliphatic rings. The fourth-order valence-corrected chi connectivity index (χ4v) is 2.16. The molecule has 0 spiro atoms. The Bertz CT molecular complexity index is 778. The van der Waals surface area contributed by atoms with Crippen LogP contribution in [0.3, 0.4) is 0 Å². The molecule has 7 nitrogen and oxygen atoms in total. The molecule has 0 aliphatic carbocycles. The quantitative estimate of drug-likeness (QED) is 0.581. The number of nitrogens with zero attached hydrogens (tertiary/aromatic N) is 3. The predicted octanol–water partition coefficient (Wildman–Crippen LogP) is 2.01. The van der Waals surface area contributed by atoms with E-state index in [0.717, 1.165) is 40.9 Å². The summed E-state index contributed by atoms with van der Waals surface area (Å²) in [5, 5.41) is 11.0. The summed E-state index contributed by atoms with van der Waals surface area (Å²) in [6.07, 6.45) is 1.01. The Morgan fingerprint density at radius 3 is 2.86 bits per heavy atom. The van der Waals surface area contributed by atoms with Crippen LogP contribution in [0.4, 0.5) is 17.6 Å². The van der Waals surface area contributed by atoms with Gasteiger partial charge >= 0.3 is 0 Å². The van der Waals surface area contributed by atoms with Crippen molar-refractivity contribution in [1.82, 2.24) is 20.2 Å². The van der Waals surface area contributed by atoms with Crippen LogP contribution in [0.25, 0.3) is 22.2 Å². The maximum Gasteiger partial charge on any atom is 0.222 e. The van der Waals surface area contributed by atoms with Crippen molar-refractivity contribution in [2.75, 3.05) is 23.3 Å². The number of nitrogens with two attached hydrogens (primary N) is 2. The third-order valence-corrected chi connectivity index (χ3v) is 3.19. The van der Waals surface area contributed by atoms with Crippen molar-refractivity contribution in [2.24, 2.45) is 0 Å². The zero-order chi connectivity index (χ0) is 14.8. The maximum atomic E-state index is 5.78. The summed E-state index contributed by atoms with van der Waals surface area (Å²) in [4.78, 5) is 8.47. The lowest BCUT2D eigenvalue weighted by Gasteiger charge is -2.07. The molecule has 3 aromatic rings. The summed E-state index contributed by atoms with van der Waals surface area (Å²) in [7, 11) is 0. The van der Waals surface area contributed by atoms with Gasteiger partial charge in [-0.05, 0) is 18.6 Å². The number of hydrogen-bond donors (Lipinski definition) is 4. The van der Waals surface area contributed by atoms with Crippen LogP contribution in [0, 0.1) is 0 Å². The van der Waals surface area contributed by atoms with E-state index in [1.165, 1.54) is 0 Å². The molecule has 0 aliphatic heterocycles. The molecule has 0 bridgehead atoms. The summed E-state index contributed by atoms with van der Waals surface area (Å²) in [5.74, 6) is 1.46. The van der Waals surface area contributed by atoms with Gasteiger partial charge in [-0.25, -0.2) is 4.98 Å². The number of fused-ring (bicyclic) bond motifs is 1. The van der Waals surface area contributed by atoms with Gasteiger partial charge in [0.1, 0.15) is 5.82 Å². The van der Waals surface area contributed by atoms with Crippen LogP contribution in [-0.4, -0.2) is 26.7 Å². The van der Waals surface area contributed by atoms with Gasteiger partial charge in [0.15, 0.2) is 5.82 Å². The van der Waals surface area contributed by atoms with E-state index in [0.29, 0.717) is 5.82 Å². The molecule has 6 N–H and O–H groups in total. The highest BCUT2D eigenvalue weighted by molar-refractivity contribution is 5.91. The monoisotopic (exact) mass is 283 g/mol. The Morgan fingerprint density at radius 1 is 1.19 bits per heavy atom. The molecule has 0 unspecified atom stereocenters. The minimum atomic E-state index is 0.246. The van der Waals surface area contributed by atoms with E-state index in [9.17, 15) is 0 Å². The molecular formula is C14H17N7. The summed E-state index contributed by atoms with van der Waals surface area (Å²) in [5.41, 5.74) is 14.1. The maximum absolute atomic E-state index is 5.78. The van der Waals surface area contributed by atoms with Crippen LogP contribution >= 0.6 is 0 Å². The van der Waals surface area contributed by atoms with E-state index in [1.54, 1.807) is 0 Å². The number of rotatable bonds is 4. The molecule has 0 amide bonds. The number of H-pyrrole nitrogens is 1. The molecule has 0 saturated carbocycles. The largest absolute Gasteiger partial charge is 0.382 e. The van der Waals surface area contributed by atoms with Crippen molar-refractivity contribution in [1.29, 1.82) is 0 Å². The number of anilines is 3. The van der Waals surface area contributed by atoms with Crippen LogP contribution in [0.5, 0.6) is 0 Å². The fourth-order valence-electron chi connectivity index (χ4n) is 2.16. The standard InChI is InChI=1S/C14H17N7/c1-2-5-17-12-7-10(18-14(16)19-12)8-3-4-9-11(6-8)20-21-13(9)15/h3-4,6-7H,2,5H2,1H3,(H3,15,20,21)(H3,16,17,18,19). The Hall–Kier alpha value is -2.83. The third kappa shape index (κ3) is 2.58. The van der Waals surface area contributed by atoms with E-state index in [-0.39, 0.29) is 5.95 Å². The van der Waals surface area contributed by atoms with Gasteiger partial charge in [0.25, 0.3) is 0 Å². The third-order valence-electron chi connectivity index (χ3n) is 3.19. The highest BCUT2D eigenvalue weighted by Crippen LogP contribution is 2.26. The van der Waals surface area contributed by atoms with Crippen molar-refractivity contribution in [3.63, 3.8) is 0 Å². The first-order chi connectivity index (χ1) is 10.2. The molecule has 3 rings (SSSR count). The zero-order valence-electron chi connectivity index (χ0n) is 11.7. The number of nitrogen functional groups attached to an aromatic ring is 2. The Kier molecular flexibility index (Phi) is 3.31. The predicted molar refractivity (Wildman–Crippen MR) is 84.7 cm³/mol. The lowest BCUT2D eigenvalue weighted by Crippen LogP contribution is -2.05. The molecule has 2 heterocycles. The number of nitrogens with one attached hydrogen (secondary N) is 2. The lowest BCUT2D eigenvalue weighted by atomic mass is 10.1. The van der Waals surface area contributed by atoms with Gasteiger partial charge in [0.05, 0.1) is 11.2 Å². The van der Waals surface area contributed by atoms with Gasteiger partial charge in [0, 0.05) is 23.6 Å². The van der Waals surface area contributed by atoms with Gasteiger partial charge in [0.2, 0.25) is 5.95 Å². The molecule has 0 atom stereocenters. The second-order valence-corrected chi connectivity index (χ2v) is 4.79. The van der Waals surface area contributed by atoms with E-state index < -0.39 is 0 Å². The highest BCUT2D eigenvalue weighted by Gasteiger charge is 2.08. The van der Waals surface area contributed by atoms with E-state index >= 15 is 0 Å². The number of aromatic nitrogens is 4. The molecule has 2 aromatic heterocycles. The molecular weight excluding hydrogens is 266 g/mol. The summed E-state index contributed by atoms with van der Waals surface area (Å²) < 4.78 is 0. The minimum Gasteiger partial charge on any atom is -0.382 e. The van der Waals surface area contributed by atoms with Crippen LogP contribution in [0.2, 0.25) is 0 Å². The molecule has 0 radical (unpaired) electrons. The van der Waals surface area contributed by atoms with Crippen LogP contribution in [0.15, 0.2) is 24.3 Å². The smallest absolute Gasteiger partial charge is 0.222 e. The van der Waals surface area contributed by atoms with Gasteiger partial charge in [-0.2, -0.15) is 10.1 Å². The van der Waals surface area contributed by atoms with Crippen molar-refractivity contribution in [3.05, 3.63) is 24.3 Å². The number of hydrogen-bond acceptors (Lipinski definition) is 6. The summed E-state index contributed by atoms with van der Waals surface area (Å²) >= 11 is 0. The first kappa shape index (κ1) is 13.2. The Morgan fingerprint density at radius 2 is 2.05 bits per heavy atom. The highest BCUT2D eigenvalue weighted by atomic mass is 15.1. The molecule has 0 fully saturated rings. The first-order valence-corrected chi connectivity index (χ1v) is 6.80. The van der Waals surface area contributed by atoms with Crippen LogP contribution in [0.1, 0.15) is 13.3 Å². The van der Waals surface area contributed by atoms with Crippen molar-refractivity contribution in [3.8, 4) is 11.3 Å². The minimum absolute atomic E-state index is 0.246. The number of aromatic amines is 1. The van der Waals surface area contributed by atoms with Crippen LogP contribution in [-0.2, 0) is 0 Å². The van der Waals surface area contributed by atoms with Gasteiger partial charge in [-0.3, -0.25) is 5.10 Å². The fraction of sp³-hybridized carbons (Fsp3) is 0.214. The molecule has 21 heavy (non-hydrogen) atoms. The lowest BCUT2D eigenvalue weighted by molar-refractivity contribution is 0.967. The van der Waals surface area contributed by atoms with Crippen molar-refractivity contribution >= 4 is 28.5 Å². The normalized spacial score (nSPS) is 10.9. The summed E-state index contributed by atoms with van der Waals surface area (Å²) in [6.45, 7) is 2.93. The molecule has 108 valence electrons. The Labute approximate surface area is 121 Å². The molecule has 7 heteroatoms. The van der Waals surface area contributed by atoms with Gasteiger partial charge in [-0.15, -0.1) is 0 Å². The summed E-state index contributed by atoms with van der Waals surface area (Å²) in [6, 6.07) is 7.69. The van der Waals surface area contributed by atoms with Crippen molar-refractivity contribution < 1.29 is 0 Å². The first-order valence-electron chi connectivity index (χ1n) is 6.80. The second kappa shape index (κ2) is 5.28. The zero-order valence-corrected chi connectivity index (χ0v) is 11.7. The van der Waals surface area contributed by atoms with Crippen LogP contribution < -0.4 is 16.8 Å². The van der Waals surface area contributed by atoms with Crippen molar-refractivity contribution in [2.45, 2.75) is 13.3 Å². The van der Waals surface area contributed by atoms with E-state index in [2.05, 4.69) is 32.4 Å². The van der Waals surface area contributed by atoms with E-state index in [4.69, 9.17) is 11.5 Å².